The highest BCUT2D eigenvalue weighted by Gasteiger charge is 2.64. The Kier molecular flexibility index (Phi) is 13.0. The number of carbonyl (C=O) groups is 2. The predicted octanol–water partition coefficient (Wildman–Crippen LogP) is 7.28. The molecule has 0 amide bonds. The van der Waals surface area contributed by atoms with Crippen molar-refractivity contribution < 1.29 is 41.7 Å². The highest BCUT2D eigenvalue weighted by Crippen LogP contribution is 2.54. The molecule has 0 saturated heterocycles. The maximum Gasteiger partial charge on any atom is 0.335 e. The molecule has 0 aromatic rings. The maximum atomic E-state index is 15.3. The van der Waals surface area contributed by atoms with Gasteiger partial charge in [-0.3, -0.25) is 0 Å². The molecule has 2 aliphatic rings. The monoisotopic (exact) mass is 562 g/mol. The SMILES string of the molecule is C=C(C)C(=O)OCC(COC(=O)C(=C)CO)C1CCC(C(F)(F)C(F)(F)C2CCC(CCCCC)CC2)CC1. The molecule has 0 aliphatic heterocycles. The fourth-order valence-corrected chi connectivity index (χ4v) is 5.97. The van der Waals surface area contributed by atoms with Crippen LogP contribution in [-0.4, -0.2) is 48.7 Å². The van der Waals surface area contributed by atoms with Gasteiger partial charge >= 0.3 is 23.8 Å². The van der Waals surface area contributed by atoms with Crippen LogP contribution in [0.25, 0.3) is 0 Å². The largest absolute Gasteiger partial charge is 0.462 e. The lowest BCUT2D eigenvalue weighted by Crippen LogP contribution is -2.53. The van der Waals surface area contributed by atoms with Crippen molar-refractivity contribution in [1.82, 2.24) is 0 Å². The zero-order valence-electron chi connectivity index (χ0n) is 23.5. The minimum absolute atomic E-state index is 0.0954. The highest BCUT2D eigenvalue weighted by molar-refractivity contribution is 5.88. The van der Waals surface area contributed by atoms with Crippen LogP contribution in [0, 0.1) is 29.6 Å². The summed E-state index contributed by atoms with van der Waals surface area (Å²) in [5, 5.41) is 9.07. The molecule has 0 aromatic heterocycles. The topological polar surface area (TPSA) is 72.8 Å². The number of rotatable bonds is 15. The van der Waals surface area contributed by atoms with Gasteiger partial charge < -0.3 is 14.6 Å². The van der Waals surface area contributed by atoms with E-state index in [1.165, 1.54) is 6.92 Å². The molecule has 2 aliphatic carbocycles. The van der Waals surface area contributed by atoms with Gasteiger partial charge in [0.1, 0.15) is 0 Å². The van der Waals surface area contributed by atoms with Gasteiger partial charge in [0.15, 0.2) is 0 Å². The number of ether oxygens (including phenoxy) is 2. The highest BCUT2D eigenvalue weighted by atomic mass is 19.3. The first-order valence-corrected chi connectivity index (χ1v) is 14.4. The summed E-state index contributed by atoms with van der Waals surface area (Å²) in [6.45, 7) is 9.63. The van der Waals surface area contributed by atoms with E-state index in [1.807, 2.05) is 0 Å². The molecule has 0 heterocycles. The van der Waals surface area contributed by atoms with Gasteiger partial charge in [-0.05, 0) is 70.1 Å². The lowest BCUT2D eigenvalue weighted by atomic mass is 9.69. The van der Waals surface area contributed by atoms with Crippen molar-refractivity contribution in [3.05, 3.63) is 24.3 Å². The zero-order valence-corrected chi connectivity index (χ0v) is 23.5. The van der Waals surface area contributed by atoms with E-state index in [1.54, 1.807) is 0 Å². The van der Waals surface area contributed by atoms with E-state index < -0.39 is 48.1 Å². The van der Waals surface area contributed by atoms with E-state index in [-0.39, 0.29) is 68.8 Å². The molecule has 0 bridgehead atoms. The molecule has 9 heteroatoms. The number of hydrogen-bond donors (Lipinski definition) is 1. The summed E-state index contributed by atoms with van der Waals surface area (Å²) in [6.07, 6.45) is 5.92. The molecule has 2 saturated carbocycles. The molecule has 2 rings (SSSR count). The van der Waals surface area contributed by atoms with Gasteiger partial charge in [-0.15, -0.1) is 0 Å². The summed E-state index contributed by atoms with van der Waals surface area (Å²) in [5.41, 5.74) is 0.0354. The van der Waals surface area contributed by atoms with Gasteiger partial charge in [0, 0.05) is 23.3 Å². The van der Waals surface area contributed by atoms with Crippen molar-refractivity contribution >= 4 is 11.9 Å². The summed E-state index contributed by atoms with van der Waals surface area (Å²) in [7, 11) is 0. The number of carbonyl (C=O) groups excluding carboxylic acids is 2. The van der Waals surface area contributed by atoms with Crippen molar-refractivity contribution in [3.63, 3.8) is 0 Å². The van der Waals surface area contributed by atoms with E-state index in [2.05, 4.69) is 20.1 Å². The van der Waals surface area contributed by atoms with E-state index in [0.717, 1.165) is 25.7 Å². The third-order valence-corrected chi connectivity index (χ3v) is 8.66. The molecule has 1 atom stereocenters. The van der Waals surface area contributed by atoms with Gasteiger partial charge in [-0.2, -0.15) is 17.6 Å². The Morgan fingerprint density at radius 1 is 0.846 bits per heavy atom. The van der Waals surface area contributed by atoms with E-state index in [9.17, 15) is 9.59 Å². The van der Waals surface area contributed by atoms with Crippen LogP contribution in [0.2, 0.25) is 0 Å². The molecule has 0 aromatic carbocycles. The molecule has 5 nitrogen and oxygen atoms in total. The average Bonchev–Trinajstić information content (AvgIpc) is 2.92. The van der Waals surface area contributed by atoms with E-state index in [0.29, 0.717) is 18.8 Å². The normalized spacial score (nSPS) is 25.0. The number of alkyl halides is 4. The minimum atomic E-state index is -4.11. The minimum Gasteiger partial charge on any atom is -0.462 e. The summed E-state index contributed by atoms with van der Waals surface area (Å²) in [5.74, 6) is -12.8. The van der Waals surface area contributed by atoms with Crippen LogP contribution >= 0.6 is 0 Å². The second-order valence-corrected chi connectivity index (χ2v) is 11.6. The number of hydrogen-bond acceptors (Lipinski definition) is 5. The first-order valence-electron chi connectivity index (χ1n) is 14.4. The second-order valence-electron chi connectivity index (χ2n) is 11.6. The second kappa shape index (κ2) is 15.2. The molecular weight excluding hydrogens is 516 g/mol. The Morgan fingerprint density at radius 2 is 1.33 bits per heavy atom. The van der Waals surface area contributed by atoms with E-state index >= 15 is 17.6 Å². The number of aliphatic hydroxyl groups is 1. The summed E-state index contributed by atoms with van der Waals surface area (Å²) in [4.78, 5) is 23.8. The molecule has 39 heavy (non-hydrogen) atoms. The summed E-state index contributed by atoms with van der Waals surface area (Å²) in [6, 6.07) is 0. The quantitative estimate of drug-likeness (QED) is 0.0983. The third kappa shape index (κ3) is 9.05. The Labute approximate surface area is 230 Å². The molecular formula is C30H46F4O5. The molecule has 1 N–H and O–H groups in total. The Morgan fingerprint density at radius 3 is 1.79 bits per heavy atom. The van der Waals surface area contributed by atoms with Crippen LogP contribution in [0.5, 0.6) is 0 Å². The smallest absolute Gasteiger partial charge is 0.335 e. The van der Waals surface area contributed by atoms with Crippen molar-refractivity contribution in [2.75, 3.05) is 19.8 Å². The van der Waals surface area contributed by atoms with Crippen LogP contribution < -0.4 is 0 Å². The first-order chi connectivity index (χ1) is 18.3. The number of aliphatic hydroxyl groups excluding tert-OH is 1. The standard InChI is InChI=1S/C30H46F4O5/c1-5-6-7-8-22-9-13-25(14-10-22)29(31,32)30(33,34)26-15-11-23(12-16-26)24(18-38-27(36)20(2)3)19-39-28(37)21(4)17-35/h22-26,35H,2,4-19H2,1,3H3. The Balaban J connectivity index is 1.98. The molecule has 2 fully saturated rings. The lowest BCUT2D eigenvalue weighted by molar-refractivity contribution is -0.270. The fraction of sp³-hybridized carbons (Fsp3) is 0.800. The average molecular weight is 563 g/mol. The zero-order chi connectivity index (χ0) is 29.2. The number of unbranched alkanes of at least 4 members (excludes halogenated alkanes) is 2. The Hall–Kier alpha value is -1.90. The fourth-order valence-electron chi connectivity index (χ4n) is 5.97. The van der Waals surface area contributed by atoms with Gasteiger partial charge in [-0.25, -0.2) is 9.59 Å². The summed E-state index contributed by atoms with van der Waals surface area (Å²) < 4.78 is 71.6. The van der Waals surface area contributed by atoms with Crippen molar-refractivity contribution in [2.24, 2.45) is 29.6 Å². The van der Waals surface area contributed by atoms with Crippen LogP contribution in [0.3, 0.4) is 0 Å². The van der Waals surface area contributed by atoms with Gasteiger partial charge in [0.25, 0.3) is 0 Å². The van der Waals surface area contributed by atoms with Gasteiger partial charge in [0.2, 0.25) is 0 Å². The lowest BCUT2D eigenvalue weighted by Gasteiger charge is -2.43. The van der Waals surface area contributed by atoms with Crippen LogP contribution in [0.15, 0.2) is 24.3 Å². The van der Waals surface area contributed by atoms with Crippen LogP contribution in [-0.2, 0) is 19.1 Å². The van der Waals surface area contributed by atoms with E-state index in [4.69, 9.17) is 14.6 Å². The molecule has 224 valence electrons. The molecule has 0 spiro atoms. The number of halogens is 4. The molecule has 0 radical (unpaired) electrons. The summed E-state index contributed by atoms with van der Waals surface area (Å²) >= 11 is 0. The van der Waals surface area contributed by atoms with Crippen LogP contribution in [0.4, 0.5) is 17.6 Å². The number of esters is 2. The van der Waals surface area contributed by atoms with Gasteiger partial charge in [-0.1, -0.05) is 45.8 Å². The van der Waals surface area contributed by atoms with Crippen molar-refractivity contribution in [2.45, 2.75) is 103 Å². The van der Waals surface area contributed by atoms with Crippen molar-refractivity contribution in [3.8, 4) is 0 Å². The maximum absolute atomic E-state index is 15.3. The molecule has 1 unspecified atom stereocenters. The van der Waals surface area contributed by atoms with Crippen molar-refractivity contribution in [1.29, 1.82) is 0 Å². The third-order valence-electron chi connectivity index (χ3n) is 8.66. The predicted molar refractivity (Wildman–Crippen MR) is 141 cm³/mol. The Bertz CT molecular complexity index is 827. The van der Waals surface area contributed by atoms with Crippen LogP contribution in [0.1, 0.15) is 90.9 Å². The first kappa shape index (κ1) is 33.3. The van der Waals surface area contributed by atoms with Gasteiger partial charge in [0.05, 0.1) is 25.4 Å².